The van der Waals surface area contributed by atoms with Crippen LogP contribution in [0.15, 0.2) is 18.2 Å². The Morgan fingerprint density at radius 1 is 1.24 bits per heavy atom. The molecule has 1 aliphatic carbocycles. The van der Waals surface area contributed by atoms with Gasteiger partial charge in [0.15, 0.2) is 0 Å². The van der Waals surface area contributed by atoms with Crippen LogP contribution in [0.2, 0.25) is 5.02 Å². The van der Waals surface area contributed by atoms with Crippen LogP contribution in [0.5, 0.6) is 0 Å². The van der Waals surface area contributed by atoms with Crippen molar-refractivity contribution >= 4 is 23.5 Å². The van der Waals surface area contributed by atoms with E-state index in [1.807, 2.05) is 16.5 Å². The zero-order chi connectivity index (χ0) is 24.0. The summed E-state index contributed by atoms with van der Waals surface area (Å²) >= 11 is 5.89. The number of ether oxygens (including phenoxy) is 1. The first-order valence-electron chi connectivity index (χ1n) is 11.9. The van der Waals surface area contributed by atoms with Gasteiger partial charge in [0, 0.05) is 30.2 Å². The van der Waals surface area contributed by atoms with Crippen LogP contribution in [0, 0.1) is 30.5 Å². The highest BCUT2D eigenvalue weighted by atomic mass is 35.5. The Labute approximate surface area is 203 Å². The number of rotatable bonds is 5. The number of aromatic nitrogens is 2. The van der Waals surface area contributed by atoms with Gasteiger partial charge in [-0.1, -0.05) is 17.7 Å². The number of nitrogens with zero attached hydrogens (tertiary/aromatic N) is 4. The van der Waals surface area contributed by atoms with Gasteiger partial charge < -0.3 is 9.64 Å². The van der Waals surface area contributed by atoms with E-state index < -0.39 is 0 Å². The first-order valence-corrected chi connectivity index (χ1v) is 12.3. The molecule has 2 aliphatic heterocycles. The Kier molecular flexibility index (Phi) is 6.37. The van der Waals surface area contributed by atoms with Gasteiger partial charge in [-0.05, 0) is 55.7 Å². The summed E-state index contributed by atoms with van der Waals surface area (Å²) in [5.41, 5.74) is 3.59. The van der Waals surface area contributed by atoms with Crippen LogP contribution >= 0.6 is 11.6 Å². The van der Waals surface area contributed by atoms with E-state index in [0.29, 0.717) is 48.6 Å². The molecule has 1 aromatic carbocycles. The van der Waals surface area contributed by atoms with Crippen molar-refractivity contribution in [2.24, 2.45) is 17.8 Å². The maximum absolute atomic E-state index is 14.4. The standard InChI is InChI=1S/C25H30ClFN4O3/c1-15-21-5-6-30(13-23(21)31(28-15)12-16-3-4-20(26)9-22(16)27)24(32)14-29-10-18-7-17(25(33)34-2)8-19(18)11-29/h3-4,9,17-19H,5-8,10-14H2,1-2H3. The number of likely N-dealkylation sites (tertiary alicyclic amines) is 1. The highest BCUT2D eigenvalue weighted by molar-refractivity contribution is 6.30. The maximum Gasteiger partial charge on any atom is 0.308 e. The summed E-state index contributed by atoms with van der Waals surface area (Å²) in [6, 6.07) is 4.67. The lowest BCUT2D eigenvalue weighted by molar-refractivity contribution is -0.145. The number of methoxy groups -OCH3 is 1. The molecule has 0 spiro atoms. The number of amides is 1. The number of fused-ring (bicyclic) bond motifs is 2. The molecule has 1 amide bonds. The van der Waals surface area contributed by atoms with Crippen LogP contribution in [0.4, 0.5) is 4.39 Å². The van der Waals surface area contributed by atoms with Crippen molar-refractivity contribution in [3.05, 3.63) is 51.6 Å². The van der Waals surface area contributed by atoms with E-state index in [2.05, 4.69) is 10.00 Å². The molecular weight excluding hydrogens is 459 g/mol. The van der Waals surface area contributed by atoms with Crippen LogP contribution in [0.1, 0.15) is 35.4 Å². The number of carbonyl (C=O) groups is 2. The van der Waals surface area contributed by atoms with Crippen molar-refractivity contribution in [2.45, 2.75) is 39.3 Å². The van der Waals surface area contributed by atoms with Crippen molar-refractivity contribution in [2.75, 3.05) is 33.3 Å². The first-order chi connectivity index (χ1) is 16.3. The molecule has 2 unspecified atom stereocenters. The first kappa shape index (κ1) is 23.3. The molecular formula is C25H30ClFN4O3. The Bertz CT molecular complexity index is 1110. The summed E-state index contributed by atoms with van der Waals surface area (Å²) in [5.74, 6) is 0.579. The molecule has 1 aromatic heterocycles. The van der Waals surface area contributed by atoms with Gasteiger partial charge in [0.2, 0.25) is 5.91 Å². The molecule has 2 aromatic rings. The van der Waals surface area contributed by atoms with Crippen LogP contribution in [0.25, 0.3) is 0 Å². The number of carbonyl (C=O) groups excluding carboxylic acids is 2. The normalized spacial score (nSPS) is 24.2. The van der Waals surface area contributed by atoms with Crippen LogP contribution in [0.3, 0.4) is 0 Å². The fraction of sp³-hybridized carbons (Fsp3) is 0.560. The lowest BCUT2D eigenvalue weighted by Gasteiger charge is -2.30. The summed E-state index contributed by atoms with van der Waals surface area (Å²) in [6.07, 6.45) is 2.46. The molecule has 2 atom stereocenters. The van der Waals surface area contributed by atoms with Crippen molar-refractivity contribution in [1.82, 2.24) is 19.6 Å². The van der Waals surface area contributed by atoms with Crippen LogP contribution < -0.4 is 0 Å². The molecule has 5 rings (SSSR count). The number of benzene rings is 1. The molecule has 0 bridgehead atoms. The van der Waals surface area contributed by atoms with Crippen molar-refractivity contribution < 1.29 is 18.7 Å². The molecule has 182 valence electrons. The number of aryl methyl sites for hydroxylation is 1. The molecule has 7 nitrogen and oxygen atoms in total. The van der Waals surface area contributed by atoms with Crippen LogP contribution in [-0.2, 0) is 33.8 Å². The second-order valence-electron chi connectivity index (χ2n) is 9.88. The van der Waals surface area contributed by atoms with Gasteiger partial charge in [-0.3, -0.25) is 19.2 Å². The summed E-state index contributed by atoms with van der Waals surface area (Å²) in [6.45, 7) is 5.53. The van der Waals surface area contributed by atoms with E-state index in [4.69, 9.17) is 16.3 Å². The summed E-state index contributed by atoms with van der Waals surface area (Å²) in [4.78, 5) is 29.2. The minimum atomic E-state index is -0.354. The Hall–Kier alpha value is -2.45. The zero-order valence-electron chi connectivity index (χ0n) is 19.6. The number of hydrogen-bond donors (Lipinski definition) is 0. The van der Waals surface area contributed by atoms with Crippen molar-refractivity contribution in [3.8, 4) is 0 Å². The average Bonchev–Trinajstić information content (AvgIpc) is 3.46. The number of hydrogen-bond acceptors (Lipinski definition) is 5. The quantitative estimate of drug-likeness (QED) is 0.605. The highest BCUT2D eigenvalue weighted by Crippen LogP contribution is 2.42. The van der Waals surface area contributed by atoms with E-state index in [1.165, 1.54) is 13.2 Å². The van der Waals surface area contributed by atoms with E-state index in [9.17, 15) is 14.0 Å². The van der Waals surface area contributed by atoms with Gasteiger partial charge in [-0.2, -0.15) is 5.10 Å². The van der Waals surface area contributed by atoms with E-state index in [-0.39, 0.29) is 23.6 Å². The molecule has 3 heterocycles. The maximum atomic E-state index is 14.4. The van der Waals surface area contributed by atoms with Gasteiger partial charge in [0.1, 0.15) is 5.82 Å². The Morgan fingerprint density at radius 3 is 2.65 bits per heavy atom. The van der Waals surface area contributed by atoms with E-state index in [1.54, 1.807) is 12.1 Å². The van der Waals surface area contributed by atoms with Gasteiger partial charge in [0.25, 0.3) is 0 Å². The molecule has 1 saturated heterocycles. The lowest BCUT2D eigenvalue weighted by atomic mass is 10.0. The van der Waals surface area contributed by atoms with Gasteiger partial charge in [0.05, 0.1) is 44.0 Å². The average molecular weight is 489 g/mol. The Balaban J connectivity index is 1.22. The van der Waals surface area contributed by atoms with Gasteiger partial charge >= 0.3 is 5.97 Å². The van der Waals surface area contributed by atoms with Gasteiger partial charge in [-0.15, -0.1) is 0 Å². The predicted octanol–water partition coefficient (Wildman–Crippen LogP) is 3.05. The highest BCUT2D eigenvalue weighted by Gasteiger charge is 2.44. The van der Waals surface area contributed by atoms with E-state index >= 15 is 0 Å². The lowest BCUT2D eigenvalue weighted by Crippen LogP contribution is -2.43. The molecule has 1 saturated carbocycles. The molecule has 3 aliphatic rings. The zero-order valence-corrected chi connectivity index (χ0v) is 20.4. The second-order valence-corrected chi connectivity index (χ2v) is 10.3. The van der Waals surface area contributed by atoms with Crippen molar-refractivity contribution in [1.29, 1.82) is 0 Å². The second kappa shape index (κ2) is 9.30. The third-order valence-corrected chi connectivity index (χ3v) is 7.98. The molecule has 2 fully saturated rings. The topological polar surface area (TPSA) is 67.7 Å². The third-order valence-electron chi connectivity index (χ3n) is 7.75. The fourth-order valence-electron chi connectivity index (χ4n) is 6.01. The summed E-state index contributed by atoms with van der Waals surface area (Å²) in [7, 11) is 1.45. The number of esters is 1. The fourth-order valence-corrected chi connectivity index (χ4v) is 6.17. The predicted molar refractivity (Wildman–Crippen MR) is 125 cm³/mol. The molecule has 34 heavy (non-hydrogen) atoms. The SMILES string of the molecule is COC(=O)C1CC2CN(CC(=O)N3CCc4c(C)nn(Cc5ccc(Cl)cc5F)c4C3)CC2C1. The molecule has 9 heteroatoms. The largest absolute Gasteiger partial charge is 0.469 e. The van der Waals surface area contributed by atoms with Gasteiger partial charge in [-0.25, -0.2) is 4.39 Å². The summed E-state index contributed by atoms with van der Waals surface area (Å²) < 4.78 is 21.1. The minimum Gasteiger partial charge on any atom is -0.469 e. The Morgan fingerprint density at radius 2 is 1.97 bits per heavy atom. The van der Waals surface area contributed by atoms with Crippen molar-refractivity contribution in [3.63, 3.8) is 0 Å². The number of halogens is 2. The monoisotopic (exact) mass is 488 g/mol. The third kappa shape index (κ3) is 4.45. The van der Waals surface area contributed by atoms with E-state index in [0.717, 1.165) is 49.3 Å². The molecule has 0 N–H and O–H groups in total. The minimum absolute atomic E-state index is 0.00682. The van der Waals surface area contributed by atoms with Crippen LogP contribution in [-0.4, -0.2) is 64.7 Å². The molecule has 0 radical (unpaired) electrons. The summed E-state index contributed by atoms with van der Waals surface area (Å²) in [5, 5.41) is 5.01. The smallest absolute Gasteiger partial charge is 0.308 e.